The third-order valence-electron chi connectivity index (χ3n) is 13.5. The Hall–Kier alpha value is -8.53. The highest BCUT2D eigenvalue weighted by Gasteiger charge is 2.53. The van der Waals surface area contributed by atoms with E-state index in [1.165, 1.54) is 55.5 Å². The smallest absolute Gasteiger partial charge is 0.160 e. The fourth-order valence-corrected chi connectivity index (χ4v) is 10.6. The highest BCUT2D eigenvalue weighted by molar-refractivity contribution is 6.06. The summed E-state index contributed by atoms with van der Waals surface area (Å²) in [5.74, 6) is 0.692. The molecule has 302 valence electrons. The molecule has 65 heavy (non-hydrogen) atoms. The van der Waals surface area contributed by atoms with Gasteiger partial charge in [0, 0.05) is 38.8 Å². The van der Waals surface area contributed by atoms with E-state index in [0.29, 0.717) is 5.82 Å². The molecule has 0 fully saturated rings. The van der Waals surface area contributed by atoms with Gasteiger partial charge in [-0.1, -0.05) is 231 Å². The second-order valence-electron chi connectivity index (χ2n) is 17.0. The van der Waals surface area contributed by atoms with E-state index in [2.05, 4.69) is 224 Å². The molecule has 2 aliphatic carbocycles. The van der Waals surface area contributed by atoms with Gasteiger partial charge in [-0.3, -0.25) is 0 Å². The normalized spacial score (nSPS) is 12.7. The lowest BCUT2D eigenvalue weighted by atomic mass is 9.69. The first-order valence-corrected chi connectivity index (χ1v) is 22.3. The van der Waals surface area contributed by atoms with E-state index >= 15 is 0 Å². The molecule has 3 heteroatoms. The lowest BCUT2D eigenvalue weighted by Gasteiger charge is -2.31. The number of aromatic nitrogens is 3. The highest BCUT2D eigenvalue weighted by Crippen LogP contribution is 2.64. The fraction of sp³-hybridized carbons (Fsp3) is 0.0161. The molecule has 1 spiro atoms. The monoisotopic (exact) mass is 825 g/mol. The van der Waals surface area contributed by atoms with E-state index in [9.17, 15) is 0 Å². The predicted molar refractivity (Wildman–Crippen MR) is 266 cm³/mol. The molecule has 0 saturated heterocycles. The van der Waals surface area contributed by atoms with Crippen LogP contribution in [-0.4, -0.2) is 15.0 Å². The lowest BCUT2D eigenvalue weighted by Crippen LogP contribution is -2.26. The van der Waals surface area contributed by atoms with Crippen molar-refractivity contribution in [2.75, 3.05) is 0 Å². The maximum Gasteiger partial charge on any atom is 0.160 e. The van der Waals surface area contributed by atoms with Gasteiger partial charge in [-0.15, -0.1) is 0 Å². The van der Waals surface area contributed by atoms with Crippen LogP contribution in [-0.2, 0) is 5.41 Å². The molecule has 0 bridgehead atoms. The SMILES string of the molecule is c1ccc(-c2ccc(-c3cc(-c4ccccc4)nc(-c4ccc(-c5ccc(-c6nc7c(c8ccccc68)C6(c8ccccc8-c8ccccc86)c6ccccc6-7)cc5)cc4)n3)cc2)cc1. The molecule has 3 nitrogen and oxygen atoms in total. The topological polar surface area (TPSA) is 38.7 Å². The fourth-order valence-electron chi connectivity index (χ4n) is 10.6. The molecule has 0 radical (unpaired) electrons. The van der Waals surface area contributed by atoms with Crippen molar-refractivity contribution in [1.29, 1.82) is 0 Å². The molecular formula is C62H39N3. The zero-order chi connectivity index (χ0) is 42.9. The third kappa shape index (κ3) is 5.79. The molecule has 13 rings (SSSR count). The summed E-state index contributed by atoms with van der Waals surface area (Å²) in [6.45, 7) is 0. The van der Waals surface area contributed by atoms with Crippen LogP contribution in [0.15, 0.2) is 237 Å². The van der Waals surface area contributed by atoms with Crippen LogP contribution in [0.5, 0.6) is 0 Å². The summed E-state index contributed by atoms with van der Waals surface area (Å²) in [5.41, 5.74) is 21.2. The van der Waals surface area contributed by atoms with Crippen LogP contribution in [0, 0.1) is 0 Å². The van der Waals surface area contributed by atoms with Gasteiger partial charge in [0.1, 0.15) is 0 Å². The first kappa shape index (κ1) is 37.1. The lowest BCUT2D eigenvalue weighted by molar-refractivity contribution is 0.799. The summed E-state index contributed by atoms with van der Waals surface area (Å²) >= 11 is 0. The molecule has 2 aliphatic rings. The summed E-state index contributed by atoms with van der Waals surface area (Å²) in [7, 11) is 0. The van der Waals surface area contributed by atoms with Crippen molar-refractivity contribution in [2.45, 2.75) is 5.41 Å². The van der Waals surface area contributed by atoms with Crippen molar-refractivity contribution in [3.05, 3.63) is 259 Å². The number of benzene rings is 9. The van der Waals surface area contributed by atoms with Gasteiger partial charge in [-0.2, -0.15) is 0 Å². The van der Waals surface area contributed by atoms with Gasteiger partial charge >= 0.3 is 0 Å². The van der Waals surface area contributed by atoms with Gasteiger partial charge in [0.25, 0.3) is 0 Å². The number of hydrogen-bond acceptors (Lipinski definition) is 3. The van der Waals surface area contributed by atoms with Crippen LogP contribution in [0.2, 0.25) is 0 Å². The van der Waals surface area contributed by atoms with E-state index in [1.54, 1.807) is 0 Å². The van der Waals surface area contributed by atoms with E-state index in [0.717, 1.165) is 61.5 Å². The number of pyridine rings is 1. The van der Waals surface area contributed by atoms with E-state index in [-0.39, 0.29) is 0 Å². The van der Waals surface area contributed by atoms with Crippen molar-refractivity contribution in [1.82, 2.24) is 15.0 Å². The van der Waals surface area contributed by atoms with Gasteiger partial charge in [0.15, 0.2) is 5.82 Å². The zero-order valence-corrected chi connectivity index (χ0v) is 35.4. The van der Waals surface area contributed by atoms with Gasteiger partial charge < -0.3 is 0 Å². The highest BCUT2D eigenvalue weighted by atomic mass is 14.9. The summed E-state index contributed by atoms with van der Waals surface area (Å²) in [6.07, 6.45) is 0. The van der Waals surface area contributed by atoms with Crippen molar-refractivity contribution < 1.29 is 0 Å². The summed E-state index contributed by atoms with van der Waals surface area (Å²) < 4.78 is 0. The molecule has 2 aromatic heterocycles. The van der Waals surface area contributed by atoms with Crippen LogP contribution >= 0.6 is 0 Å². The molecule has 0 unspecified atom stereocenters. The minimum absolute atomic E-state index is 0.454. The largest absolute Gasteiger partial charge is 0.247 e. The van der Waals surface area contributed by atoms with Crippen LogP contribution < -0.4 is 0 Å². The first-order valence-electron chi connectivity index (χ1n) is 22.3. The van der Waals surface area contributed by atoms with Gasteiger partial charge in [-0.05, 0) is 61.5 Å². The van der Waals surface area contributed by atoms with Crippen LogP contribution in [0.1, 0.15) is 22.3 Å². The molecule has 0 N–H and O–H groups in total. The third-order valence-corrected chi connectivity index (χ3v) is 13.5. The quantitative estimate of drug-likeness (QED) is 0.168. The number of nitrogens with zero attached hydrogens (tertiary/aromatic N) is 3. The Labute approximate surface area is 378 Å². The van der Waals surface area contributed by atoms with Crippen molar-refractivity contribution in [2.24, 2.45) is 0 Å². The minimum atomic E-state index is -0.454. The minimum Gasteiger partial charge on any atom is -0.247 e. The van der Waals surface area contributed by atoms with E-state index in [1.807, 2.05) is 12.1 Å². The number of hydrogen-bond donors (Lipinski definition) is 0. The van der Waals surface area contributed by atoms with Gasteiger partial charge in [0.05, 0.1) is 28.2 Å². The average Bonchev–Trinajstić information content (AvgIpc) is 3.86. The second-order valence-corrected chi connectivity index (χ2v) is 17.0. The zero-order valence-electron chi connectivity index (χ0n) is 35.4. The molecule has 0 saturated carbocycles. The molecule has 2 heterocycles. The Balaban J connectivity index is 0.869. The number of rotatable bonds is 6. The van der Waals surface area contributed by atoms with Crippen molar-refractivity contribution in [3.63, 3.8) is 0 Å². The Bertz CT molecular complexity index is 3570. The summed E-state index contributed by atoms with van der Waals surface area (Å²) in [6, 6.07) is 84.8. The Kier molecular flexibility index (Phi) is 8.44. The average molecular weight is 826 g/mol. The molecule has 0 aliphatic heterocycles. The van der Waals surface area contributed by atoms with Gasteiger partial charge in [0.2, 0.25) is 0 Å². The molecule has 0 amide bonds. The molecular weight excluding hydrogens is 787 g/mol. The number of fused-ring (bicyclic) bond motifs is 12. The summed E-state index contributed by atoms with van der Waals surface area (Å²) in [4.78, 5) is 15.9. The standard InChI is InChI=1S/C62H39N3/c1-3-15-40(16-4-1)41-27-33-45(34-28-41)57-39-56(44-17-5-2-6-18-44)63-61(64-57)47-37-31-43(32-38-47)42-29-35-46(36-30-42)59-51-22-8-7-21-50(51)58-60(65-59)52-23-11-14-26-55(52)62(58)53-24-12-9-19-48(53)49-20-10-13-25-54(49)62/h1-39H. The Morgan fingerprint density at radius 1 is 0.262 bits per heavy atom. The van der Waals surface area contributed by atoms with Crippen molar-refractivity contribution in [3.8, 4) is 89.8 Å². The van der Waals surface area contributed by atoms with E-state index in [4.69, 9.17) is 15.0 Å². The van der Waals surface area contributed by atoms with Crippen LogP contribution in [0.25, 0.3) is 101 Å². The molecule has 11 aromatic rings. The van der Waals surface area contributed by atoms with Gasteiger partial charge in [-0.25, -0.2) is 15.0 Å². The predicted octanol–water partition coefficient (Wildman–Crippen LogP) is 15.4. The molecule has 9 aromatic carbocycles. The molecule has 0 atom stereocenters. The first-order chi connectivity index (χ1) is 32.2. The Morgan fingerprint density at radius 3 is 1.22 bits per heavy atom. The Morgan fingerprint density at radius 2 is 0.646 bits per heavy atom. The van der Waals surface area contributed by atoms with E-state index < -0.39 is 5.41 Å². The second kappa shape index (κ2) is 14.8. The van der Waals surface area contributed by atoms with Crippen LogP contribution in [0.3, 0.4) is 0 Å². The van der Waals surface area contributed by atoms with Crippen LogP contribution in [0.4, 0.5) is 0 Å². The maximum absolute atomic E-state index is 5.67. The van der Waals surface area contributed by atoms with Crippen molar-refractivity contribution >= 4 is 10.8 Å². The maximum atomic E-state index is 5.67. The summed E-state index contributed by atoms with van der Waals surface area (Å²) in [5, 5.41) is 2.39.